The predicted molar refractivity (Wildman–Crippen MR) is 37.7 cm³/mol. The lowest BCUT2D eigenvalue weighted by molar-refractivity contribution is -0.124. The fourth-order valence-corrected chi connectivity index (χ4v) is 0.405. The zero-order chi connectivity index (χ0) is 8.53. The molecule has 0 fully saturated rings. The highest BCUT2D eigenvalue weighted by molar-refractivity contribution is 5.69. The largest absolute Gasteiger partial charge is 0.520 e. The van der Waals surface area contributed by atoms with Crippen LogP contribution in [0.1, 0.15) is 19.8 Å². The van der Waals surface area contributed by atoms with Crippen LogP contribution in [-0.2, 0) is 14.3 Å². The monoisotopic (exact) mass is 158 g/mol. The van der Waals surface area contributed by atoms with E-state index in [-0.39, 0.29) is 6.47 Å². The van der Waals surface area contributed by atoms with E-state index < -0.39 is 6.16 Å². The van der Waals surface area contributed by atoms with Crippen LogP contribution in [0.25, 0.3) is 0 Å². The molecule has 0 spiro atoms. The summed E-state index contributed by atoms with van der Waals surface area (Å²) < 4.78 is 8.14. The number of hydrogen-bond acceptors (Lipinski definition) is 4. The molecule has 0 aromatic carbocycles. The van der Waals surface area contributed by atoms with Gasteiger partial charge in [0.2, 0.25) is 0 Å². The van der Waals surface area contributed by atoms with Crippen molar-refractivity contribution in [3.63, 3.8) is 0 Å². The first-order valence-electron chi connectivity index (χ1n) is 3.27. The molecule has 4 nitrogen and oxygen atoms in total. The third-order valence-electron chi connectivity index (χ3n) is 0.860. The first-order valence-corrected chi connectivity index (χ1v) is 3.27. The number of ether oxygens (including phenoxy) is 2. The van der Waals surface area contributed by atoms with Crippen molar-refractivity contribution in [2.75, 3.05) is 0 Å². The highest BCUT2D eigenvalue weighted by Gasteiger charge is 1.97. The Balaban J connectivity index is 3.36. The molecule has 0 saturated heterocycles. The second-order valence-corrected chi connectivity index (χ2v) is 1.74. The Kier molecular flexibility index (Phi) is 5.98. The van der Waals surface area contributed by atoms with Crippen LogP contribution in [0.4, 0.5) is 4.79 Å². The van der Waals surface area contributed by atoms with Gasteiger partial charge in [-0.3, -0.25) is 4.79 Å². The number of unbranched alkanes of at least 4 members (excludes halogenated alkanes) is 1. The Hall–Kier alpha value is -1.32. The molecule has 0 aromatic heterocycles. The van der Waals surface area contributed by atoms with Crippen molar-refractivity contribution in [3.05, 3.63) is 12.3 Å². The Morgan fingerprint density at radius 2 is 2.18 bits per heavy atom. The fraction of sp³-hybridized carbons (Fsp3) is 0.429. The number of rotatable bonds is 4. The second-order valence-electron chi connectivity index (χ2n) is 1.74. The third kappa shape index (κ3) is 6.57. The first-order chi connectivity index (χ1) is 5.31. The van der Waals surface area contributed by atoms with Gasteiger partial charge in [-0.25, -0.2) is 4.79 Å². The molecule has 0 aliphatic heterocycles. The summed E-state index contributed by atoms with van der Waals surface area (Å²) in [5, 5.41) is 0. The Morgan fingerprint density at radius 1 is 1.45 bits per heavy atom. The van der Waals surface area contributed by atoms with Gasteiger partial charge >= 0.3 is 12.6 Å². The van der Waals surface area contributed by atoms with Gasteiger partial charge in [-0.05, 0) is 12.5 Å². The topological polar surface area (TPSA) is 52.6 Å². The molecule has 0 bridgehead atoms. The average molecular weight is 158 g/mol. The van der Waals surface area contributed by atoms with Gasteiger partial charge in [-0.2, -0.15) is 0 Å². The molecular formula is C7H10O4. The van der Waals surface area contributed by atoms with Crippen LogP contribution >= 0.6 is 0 Å². The predicted octanol–water partition coefficient (Wildman–Crippen LogP) is 1.61. The standard InChI is InChI=1S/C7H10O4/c1-2-3-4-5-10-7(9)11-6-8/h4-6H,2-3H2,1H3/b5-4+. The van der Waals surface area contributed by atoms with Crippen LogP contribution in [0.3, 0.4) is 0 Å². The molecule has 62 valence electrons. The van der Waals surface area contributed by atoms with Gasteiger partial charge in [-0.1, -0.05) is 13.3 Å². The number of allylic oxidation sites excluding steroid dienone is 1. The van der Waals surface area contributed by atoms with E-state index in [1.807, 2.05) is 6.92 Å². The van der Waals surface area contributed by atoms with Crippen molar-refractivity contribution in [1.29, 1.82) is 0 Å². The van der Waals surface area contributed by atoms with Crippen LogP contribution in [0.2, 0.25) is 0 Å². The van der Waals surface area contributed by atoms with Crippen molar-refractivity contribution in [3.8, 4) is 0 Å². The van der Waals surface area contributed by atoms with Gasteiger partial charge < -0.3 is 9.47 Å². The summed E-state index contributed by atoms with van der Waals surface area (Å²) >= 11 is 0. The minimum absolute atomic E-state index is 0.0238. The van der Waals surface area contributed by atoms with Crippen molar-refractivity contribution in [1.82, 2.24) is 0 Å². The summed E-state index contributed by atoms with van der Waals surface area (Å²) in [4.78, 5) is 19.8. The van der Waals surface area contributed by atoms with Crippen LogP contribution in [0.15, 0.2) is 12.3 Å². The Labute approximate surface area is 64.8 Å². The second kappa shape index (κ2) is 6.80. The summed E-state index contributed by atoms with van der Waals surface area (Å²) in [7, 11) is 0. The normalized spacial score (nSPS) is 9.55. The maximum Gasteiger partial charge on any atom is 0.520 e. The maximum absolute atomic E-state index is 10.3. The van der Waals surface area contributed by atoms with Crippen molar-refractivity contribution >= 4 is 12.6 Å². The van der Waals surface area contributed by atoms with Crippen LogP contribution in [0.5, 0.6) is 0 Å². The van der Waals surface area contributed by atoms with E-state index in [0.717, 1.165) is 12.8 Å². The molecule has 0 amide bonds. The lowest BCUT2D eigenvalue weighted by Gasteiger charge is -1.92. The molecule has 0 radical (unpaired) electrons. The van der Waals surface area contributed by atoms with Crippen molar-refractivity contribution < 1.29 is 19.1 Å². The molecule has 0 saturated carbocycles. The number of hydrogen-bond donors (Lipinski definition) is 0. The Morgan fingerprint density at radius 3 is 2.73 bits per heavy atom. The molecular weight excluding hydrogens is 148 g/mol. The minimum atomic E-state index is -1.01. The third-order valence-corrected chi connectivity index (χ3v) is 0.860. The van der Waals surface area contributed by atoms with Gasteiger partial charge in [0.05, 0.1) is 6.26 Å². The lowest BCUT2D eigenvalue weighted by Crippen LogP contribution is -2.00. The molecule has 0 aliphatic rings. The summed E-state index contributed by atoms with van der Waals surface area (Å²) in [5.74, 6) is 0. The smallest absolute Gasteiger partial charge is 0.403 e. The molecule has 11 heavy (non-hydrogen) atoms. The van der Waals surface area contributed by atoms with E-state index >= 15 is 0 Å². The van der Waals surface area contributed by atoms with Gasteiger partial charge in [0.25, 0.3) is 0 Å². The molecule has 0 unspecified atom stereocenters. The summed E-state index contributed by atoms with van der Waals surface area (Å²) in [6, 6.07) is 0. The highest BCUT2D eigenvalue weighted by Crippen LogP contribution is 1.90. The van der Waals surface area contributed by atoms with Gasteiger partial charge in [0, 0.05) is 0 Å². The number of carbonyl (C=O) groups excluding carboxylic acids is 2. The first kappa shape index (κ1) is 9.68. The quantitative estimate of drug-likeness (QED) is 0.270. The van der Waals surface area contributed by atoms with Gasteiger partial charge in [0.15, 0.2) is 0 Å². The molecule has 0 aromatic rings. The van der Waals surface area contributed by atoms with E-state index in [2.05, 4.69) is 9.47 Å². The fourth-order valence-electron chi connectivity index (χ4n) is 0.405. The zero-order valence-electron chi connectivity index (χ0n) is 6.28. The highest BCUT2D eigenvalue weighted by atomic mass is 16.7. The van der Waals surface area contributed by atoms with Gasteiger partial charge in [0.1, 0.15) is 0 Å². The maximum atomic E-state index is 10.3. The molecule has 4 heteroatoms. The SMILES string of the molecule is CCC/C=C/OC(=O)OC=O. The van der Waals surface area contributed by atoms with E-state index in [0.29, 0.717) is 0 Å². The Bertz CT molecular complexity index is 151. The minimum Gasteiger partial charge on any atom is -0.403 e. The molecule has 0 aliphatic carbocycles. The molecule has 0 atom stereocenters. The van der Waals surface area contributed by atoms with Crippen LogP contribution in [0, 0.1) is 0 Å². The van der Waals surface area contributed by atoms with E-state index in [1.165, 1.54) is 6.26 Å². The number of carbonyl (C=O) groups is 2. The van der Waals surface area contributed by atoms with Gasteiger partial charge in [-0.15, -0.1) is 0 Å². The lowest BCUT2D eigenvalue weighted by atomic mass is 10.3. The van der Waals surface area contributed by atoms with E-state index in [9.17, 15) is 9.59 Å². The molecule has 0 rings (SSSR count). The summed E-state index contributed by atoms with van der Waals surface area (Å²) in [5.41, 5.74) is 0. The summed E-state index contributed by atoms with van der Waals surface area (Å²) in [6.07, 6.45) is 3.67. The average Bonchev–Trinajstić information content (AvgIpc) is 1.99. The molecule has 0 N–H and O–H groups in total. The zero-order valence-corrected chi connectivity index (χ0v) is 6.28. The van der Waals surface area contributed by atoms with Crippen LogP contribution < -0.4 is 0 Å². The van der Waals surface area contributed by atoms with Crippen molar-refractivity contribution in [2.45, 2.75) is 19.8 Å². The molecule has 0 heterocycles. The van der Waals surface area contributed by atoms with Crippen LogP contribution in [-0.4, -0.2) is 12.6 Å². The van der Waals surface area contributed by atoms with E-state index in [1.54, 1.807) is 6.08 Å². The summed E-state index contributed by atoms with van der Waals surface area (Å²) in [6.45, 7) is 2.02. The van der Waals surface area contributed by atoms with Crippen molar-refractivity contribution in [2.24, 2.45) is 0 Å². The van der Waals surface area contributed by atoms with E-state index in [4.69, 9.17) is 0 Å².